The number of fused-ring (bicyclic) bond motifs is 1. The first kappa shape index (κ1) is 17.9. The van der Waals surface area contributed by atoms with E-state index in [1.54, 1.807) is 0 Å². The Morgan fingerprint density at radius 2 is 1.89 bits per heavy atom. The second kappa shape index (κ2) is 7.66. The van der Waals surface area contributed by atoms with E-state index in [4.69, 9.17) is 0 Å². The van der Waals surface area contributed by atoms with Gasteiger partial charge in [-0.3, -0.25) is 9.20 Å². The highest BCUT2D eigenvalue weighted by atomic mass is 79.9. The van der Waals surface area contributed by atoms with Crippen molar-refractivity contribution in [1.82, 2.24) is 14.7 Å². The number of imidazole rings is 1. The summed E-state index contributed by atoms with van der Waals surface area (Å²) in [6.07, 6.45) is 2.68. The topological polar surface area (TPSA) is 46.4 Å². The van der Waals surface area contributed by atoms with Crippen LogP contribution in [0.25, 0.3) is 16.2 Å². The van der Waals surface area contributed by atoms with E-state index in [9.17, 15) is 4.79 Å². The first-order chi connectivity index (χ1) is 13.1. The van der Waals surface area contributed by atoms with Crippen LogP contribution in [0.3, 0.4) is 0 Å². The van der Waals surface area contributed by atoms with Gasteiger partial charge in [0.05, 0.1) is 11.9 Å². The minimum Gasteiger partial charge on any atom is -0.351 e. The lowest BCUT2D eigenvalue weighted by Gasteiger charge is -2.06. The van der Waals surface area contributed by atoms with Gasteiger partial charge in [0, 0.05) is 22.3 Å². The van der Waals surface area contributed by atoms with Crippen molar-refractivity contribution in [3.05, 3.63) is 81.4 Å². The summed E-state index contributed by atoms with van der Waals surface area (Å²) in [6.45, 7) is 2.59. The molecule has 0 radical (unpaired) electrons. The predicted molar refractivity (Wildman–Crippen MR) is 113 cm³/mol. The lowest BCUT2D eigenvalue weighted by atomic mass is 10.1. The molecule has 4 nitrogen and oxygen atoms in total. The highest BCUT2D eigenvalue weighted by molar-refractivity contribution is 9.10. The molecule has 0 aliphatic rings. The number of amides is 1. The number of rotatable bonds is 5. The Balaban J connectivity index is 1.55. The summed E-state index contributed by atoms with van der Waals surface area (Å²) in [5.41, 5.74) is 4.20. The molecule has 0 atom stereocenters. The van der Waals surface area contributed by atoms with Crippen LogP contribution in [-0.4, -0.2) is 21.8 Å². The van der Waals surface area contributed by atoms with Crippen molar-refractivity contribution in [2.45, 2.75) is 13.3 Å². The first-order valence-corrected chi connectivity index (χ1v) is 10.3. The van der Waals surface area contributed by atoms with E-state index in [1.165, 1.54) is 16.9 Å². The van der Waals surface area contributed by atoms with Crippen LogP contribution in [0.1, 0.15) is 20.9 Å². The van der Waals surface area contributed by atoms with E-state index >= 15 is 0 Å². The molecule has 0 fully saturated rings. The van der Waals surface area contributed by atoms with Crippen LogP contribution in [0, 0.1) is 6.92 Å². The molecule has 0 spiro atoms. The van der Waals surface area contributed by atoms with Crippen molar-refractivity contribution in [2.75, 3.05) is 6.54 Å². The third-order valence-electron chi connectivity index (χ3n) is 4.48. The average Bonchev–Trinajstić information content (AvgIpc) is 3.24. The van der Waals surface area contributed by atoms with Gasteiger partial charge in [0.1, 0.15) is 4.88 Å². The number of halogens is 1. The largest absolute Gasteiger partial charge is 0.351 e. The third kappa shape index (κ3) is 3.68. The number of benzene rings is 2. The van der Waals surface area contributed by atoms with Crippen LogP contribution in [0.15, 0.2) is 65.3 Å². The summed E-state index contributed by atoms with van der Waals surface area (Å²) in [5, 5.41) is 3.03. The molecular weight excluding hydrogens is 422 g/mol. The molecule has 6 heteroatoms. The molecule has 2 heterocycles. The molecule has 0 saturated heterocycles. The predicted octanol–water partition coefficient (Wildman–Crippen LogP) is 5.11. The van der Waals surface area contributed by atoms with Gasteiger partial charge >= 0.3 is 0 Å². The second-order valence-electron chi connectivity index (χ2n) is 6.28. The van der Waals surface area contributed by atoms with E-state index in [0.717, 1.165) is 32.8 Å². The fraction of sp³-hybridized carbons (Fsp3) is 0.143. The van der Waals surface area contributed by atoms with Crippen LogP contribution in [0.2, 0.25) is 0 Å². The Hall–Kier alpha value is -2.44. The fourth-order valence-corrected chi connectivity index (χ4v) is 4.36. The summed E-state index contributed by atoms with van der Waals surface area (Å²) in [6, 6.07) is 18.3. The molecule has 0 bridgehead atoms. The van der Waals surface area contributed by atoms with Crippen LogP contribution >= 0.6 is 27.3 Å². The maximum Gasteiger partial charge on any atom is 0.263 e. The smallest absolute Gasteiger partial charge is 0.263 e. The minimum absolute atomic E-state index is 0.0410. The normalized spacial score (nSPS) is 11.0. The zero-order valence-electron chi connectivity index (χ0n) is 14.8. The molecule has 0 aliphatic heterocycles. The monoisotopic (exact) mass is 439 g/mol. The lowest BCUT2D eigenvalue weighted by Crippen LogP contribution is -2.25. The summed E-state index contributed by atoms with van der Waals surface area (Å²) in [4.78, 5) is 18.7. The SMILES string of the molecule is Cc1c(C(=O)NCCc2ccccc2)sc2ncc(-c3ccc(Br)cc3)n12. The van der Waals surface area contributed by atoms with Gasteiger partial charge in [0.25, 0.3) is 5.91 Å². The van der Waals surface area contributed by atoms with Gasteiger partial charge in [-0.1, -0.05) is 69.7 Å². The summed E-state index contributed by atoms with van der Waals surface area (Å²) >= 11 is 4.89. The Morgan fingerprint density at radius 1 is 1.15 bits per heavy atom. The van der Waals surface area contributed by atoms with Crippen molar-refractivity contribution in [3.8, 4) is 11.3 Å². The second-order valence-corrected chi connectivity index (χ2v) is 8.17. The van der Waals surface area contributed by atoms with Gasteiger partial charge in [-0.25, -0.2) is 4.98 Å². The number of hydrogen-bond donors (Lipinski definition) is 1. The summed E-state index contributed by atoms with van der Waals surface area (Å²) in [5.74, 6) is -0.0410. The molecule has 4 rings (SSSR count). The Morgan fingerprint density at radius 3 is 2.63 bits per heavy atom. The minimum atomic E-state index is -0.0410. The molecule has 0 saturated carbocycles. The van der Waals surface area contributed by atoms with Crippen molar-refractivity contribution in [2.24, 2.45) is 0 Å². The van der Waals surface area contributed by atoms with Crippen LogP contribution in [0.5, 0.6) is 0 Å². The third-order valence-corrected chi connectivity index (χ3v) is 6.16. The first-order valence-electron chi connectivity index (χ1n) is 8.68. The number of aryl methyl sites for hydroxylation is 1. The van der Waals surface area contributed by atoms with Gasteiger partial charge in [-0.05, 0) is 31.0 Å². The molecule has 1 amide bonds. The number of nitrogens with zero attached hydrogens (tertiary/aromatic N) is 2. The van der Waals surface area contributed by atoms with Crippen molar-refractivity contribution < 1.29 is 4.79 Å². The maximum atomic E-state index is 12.7. The summed E-state index contributed by atoms with van der Waals surface area (Å²) in [7, 11) is 0. The number of aromatic nitrogens is 2. The Kier molecular flexibility index (Phi) is 5.09. The average molecular weight is 440 g/mol. The molecule has 27 heavy (non-hydrogen) atoms. The highest BCUT2D eigenvalue weighted by Crippen LogP contribution is 2.29. The number of nitrogens with one attached hydrogen (secondary N) is 1. The molecule has 2 aromatic carbocycles. The van der Waals surface area contributed by atoms with E-state index in [-0.39, 0.29) is 5.91 Å². The number of carbonyl (C=O) groups excluding carboxylic acids is 1. The van der Waals surface area contributed by atoms with Gasteiger partial charge < -0.3 is 5.32 Å². The zero-order chi connectivity index (χ0) is 18.8. The molecule has 4 aromatic rings. The maximum absolute atomic E-state index is 12.7. The quantitative estimate of drug-likeness (QED) is 0.469. The van der Waals surface area contributed by atoms with E-state index in [0.29, 0.717) is 11.4 Å². The van der Waals surface area contributed by atoms with Crippen LogP contribution in [0.4, 0.5) is 0 Å². The van der Waals surface area contributed by atoms with Gasteiger partial charge in [-0.15, -0.1) is 0 Å². The van der Waals surface area contributed by atoms with Crippen molar-refractivity contribution in [3.63, 3.8) is 0 Å². The van der Waals surface area contributed by atoms with Crippen molar-refractivity contribution >= 4 is 38.1 Å². The fourth-order valence-electron chi connectivity index (χ4n) is 3.08. The van der Waals surface area contributed by atoms with Crippen LogP contribution < -0.4 is 5.32 Å². The zero-order valence-corrected chi connectivity index (χ0v) is 17.2. The van der Waals surface area contributed by atoms with Gasteiger partial charge in [-0.2, -0.15) is 0 Å². The molecular formula is C21H18BrN3OS. The number of carbonyl (C=O) groups is 1. The molecule has 0 aliphatic carbocycles. The van der Waals surface area contributed by atoms with Gasteiger partial charge in [0.2, 0.25) is 0 Å². The molecule has 2 aromatic heterocycles. The number of hydrogen-bond acceptors (Lipinski definition) is 3. The van der Waals surface area contributed by atoms with E-state index in [2.05, 4.69) is 42.8 Å². The molecule has 1 N–H and O–H groups in total. The van der Waals surface area contributed by atoms with E-state index < -0.39 is 0 Å². The Bertz CT molecular complexity index is 1080. The highest BCUT2D eigenvalue weighted by Gasteiger charge is 2.19. The summed E-state index contributed by atoms with van der Waals surface area (Å²) < 4.78 is 3.09. The molecule has 136 valence electrons. The lowest BCUT2D eigenvalue weighted by molar-refractivity contribution is 0.0957. The van der Waals surface area contributed by atoms with Gasteiger partial charge in [0.15, 0.2) is 4.96 Å². The van der Waals surface area contributed by atoms with Crippen molar-refractivity contribution in [1.29, 1.82) is 0 Å². The van der Waals surface area contributed by atoms with E-state index in [1.807, 2.05) is 55.6 Å². The standard InChI is InChI=1S/C21H18BrN3OS/c1-14-19(20(26)23-12-11-15-5-3-2-4-6-15)27-21-24-13-18(25(14)21)16-7-9-17(22)10-8-16/h2-10,13H,11-12H2,1H3,(H,23,26). The van der Waals surface area contributed by atoms with Crippen LogP contribution in [-0.2, 0) is 6.42 Å². The Labute approximate surface area is 170 Å². The number of thiazole rings is 1. The molecule has 0 unspecified atom stereocenters.